The van der Waals surface area contributed by atoms with Gasteiger partial charge < -0.3 is 9.73 Å². The highest BCUT2D eigenvalue weighted by Crippen LogP contribution is 2.22. The lowest BCUT2D eigenvalue weighted by molar-refractivity contribution is 0.0956. The van der Waals surface area contributed by atoms with Crippen molar-refractivity contribution in [2.45, 2.75) is 12.1 Å². The maximum atomic E-state index is 12.3. The number of thioether (sulfide) groups is 1. The van der Waals surface area contributed by atoms with Crippen LogP contribution in [0.2, 0.25) is 0 Å². The van der Waals surface area contributed by atoms with Crippen LogP contribution in [-0.4, -0.2) is 38.4 Å². The van der Waals surface area contributed by atoms with E-state index in [2.05, 4.69) is 20.8 Å². The summed E-state index contributed by atoms with van der Waals surface area (Å²) < 4.78 is 7.20. The average molecular weight is 343 g/mol. The molecule has 124 valence electrons. The second-order valence-corrected chi connectivity index (χ2v) is 6.24. The second-order valence-electron chi connectivity index (χ2n) is 5.18. The molecule has 1 amide bonds. The Balaban J connectivity index is 1.56. The van der Waals surface area contributed by atoms with Gasteiger partial charge in [0.1, 0.15) is 11.5 Å². The van der Waals surface area contributed by atoms with Gasteiger partial charge in [0.2, 0.25) is 5.16 Å². The molecule has 1 N–H and O–H groups in total. The highest BCUT2D eigenvalue weighted by molar-refractivity contribution is 7.99. The standard InChI is InChI=1S/C16H17N5O2S/c1-11-6-7-14(23-11)12-4-3-5-13(10-12)15(22)17-8-9-24-16-18-19-20-21(16)2/h3-7,10H,8-9H2,1-2H3,(H,17,22). The Morgan fingerprint density at radius 2 is 2.21 bits per heavy atom. The molecule has 3 aromatic rings. The molecular weight excluding hydrogens is 326 g/mol. The minimum atomic E-state index is -0.114. The number of nitrogens with one attached hydrogen (secondary N) is 1. The molecule has 24 heavy (non-hydrogen) atoms. The predicted molar refractivity (Wildman–Crippen MR) is 90.7 cm³/mol. The molecule has 0 saturated heterocycles. The Hall–Kier alpha value is -2.61. The number of amides is 1. The van der Waals surface area contributed by atoms with Crippen molar-refractivity contribution in [1.82, 2.24) is 25.5 Å². The van der Waals surface area contributed by atoms with Gasteiger partial charge in [-0.3, -0.25) is 4.79 Å². The van der Waals surface area contributed by atoms with Crippen molar-refractivity contribution in [2.24, 2.45) is 7.05 Å². The highest BCUT2D eigenvalue weighted by Gasteiger charge is 2.09. The molecule has 2 aromatic heterocycles. The highest BCUT2D eigenvalue weighted by atomic mass is 32.2. The van der Waals surface area contributed by atoms with E-state index in [0.29, 0.717) is 17.9 Å². The summed E-state index contributed by atoms with van der Waals surface area (Å²) >= 11 is 1.49. The minimum Gasteiger partial charge on any atom is -0.461 e. The summed E-state index contributed by atoms with van der Waals surface area (Å²) in [5, 5.41) is 14.8. The van der Waals surface area contributed by atoms with Crippen molar-refractivity contribution >= 4 is 17.7 Å². The first-order valence-electron chi connectivity index (χ1n) is 7.44. The van der Waals surface area contributed by atoms with Gasteiger partial charge in [0.15, 0.2) is 0 Å². The number of carbonyl (C=O) groups excluding carboxylic acids is 1. The fourth-order valence-electron chi connectivity index (χ4n) is 2.16. The summed E-state index contributed by atoms with van der Waals surface area (Å²) in [7, 11) is 1.78. The number of nitrogens with zero attached hydrogens (tertiary/aromatic N) is 4. The largest absolute Gasteiger partial charge is 0.461 e. The lowest BCUT2D eigenvalue weighted by Crippen LogP contribution is -2.25. The zero-order chi connectivity index (χ0) is 16.9. The zero-order valence-electron chi connectivity index (χ0n) is 13.4. The summed E-state index contributed by atoms with van der Waals surface area (Å²) in [5.41, 5.74) is 1.49. The van der Waals surface area contributed by atoms with Gasteiger partial charge in [0.25, 0.3) is 5.91 Å². The van der Waals surface area contributed by atoms with Crippen LogP contribution < -0.4 is 5.32 Å². The Kier molecular flexibility index (Phi) is 4.95. The molecular formula is C16H17N5O2S. The lowest BCUT2D eigenvalue weighted by Gasteiger charge is -2.06. The lowest BCUT2D eigenvalue weighted by atomic mass is 10.1. The SMILES string of the molecule is Cc1ccc(-c2cccc(C(=O)NCCSc3nnnn3C)c2)o1. The molecule has 0 spiro atoms. The molecule has 0 aliphatic heterocycles. The van der Waals surface area contributed by atoms with Crippen molar-refractivity contribution in [2.75, 3.05) is 12.3 Å². The average Bonchev–Trinajstić information content (AvgIpc) is 3.20. The van der Waals surface area contributed by atoms with E-state index in [9.17, 15) is 4.79 Å². The van der Waals surface area contributed by atoms with E-state index < -0.39 is 0 Å². The summed E-state index contributed by atoms with van der Waals surface area (Å²) in [5.74, 6) is 2.18. The molecule has 8 heteroatoms. The van der Waals surface area contributed by atoms with Crippen molar-refractivity contribution in [3.63, 3.8) is 0 Å². The maximum Gasteiger partial charge on any atom is 0.251 e. The van der Waals surface area contributed by atoms with E-state index in [0.717, 1.165) is 22.2 Å². The van der Waals surface area contributed by atoms with E-state index >= 15 is 0 Å². The molecule has 2 heterocycles. The number of hydrogen-bond donors (Lipinski definition) is 1. The number of aromatic nitrogens is 4. The van der Waals surface area contributed by atoms with Crippen LogP contribution in [0.3, 0.4) is 0 Å². The topological polar surface area (TPSA) is 85.8 Å². The van der Waals surface area contributed by atoms with Gasteiger partial charge in [0.05, 0.1) is 0 Å². The quantitative estimate of drug-likeness (QED) is 0.546. The Labute approximate surface area is 143 Å². The molecule has 0 atom stereocenters. The number of carbonyl (C=O) groups is 1. The number of tetrazole rings is 1. The zero-order valence-corrected chi connectivity index (χ0v) is 14.2. The molecule has 3 rings (SSSR count). The fraction of sp³-hybridized carbons (Fsp3) is 0.250. The third-order valence-electron chi connectivity index (χ3n) is 3.35. The van der Waals surface area contributed by atoms with Crippen LogP contribution in [0.25, 0.3) is 11.3 Å². The summed E-state index contributed by atoms with van der Waals surface area (Å²) in [6.45, 7) is 2.42. The molecule has 0 bridgehead atoms. The normalized spacial score (nSPS) is 10.8. The van der Waals surface area contributed by atoms with Crippen molar-refractivity contribution in [3.05, 3.63) is 47.7 Å². The molecule has 0 fully saturated rings. The van der Waals surface area contributed by atoms with Crippen molar-refractivity contribution in [1.29, 1.82) is 0 Å². The molecule has 7 nitrogen and oxygen atoms in total. The van der Waals surface area contributed by atoms with Gasteiger partial charge in [-0.25, -0.2) is 4.68 Å². The molecule has 0 radical (unpaired) electrons. The van der Waals surface area contributed by atoms with Gasteiger partial charge in [-0.05, 0) is 41.6 Å². The van der Waals surface area contributed by atoms with Crippen LogP contribution in [0.4, 0.5) is 0 Å². The first-order chi connectivity index (χ1) is 11.6. The van der Waals surface area contributed by atoms with Gasteiger partial charge in [-0.15, -0.1) is 5.10 Å². The first-order valence-corrected chi connectivity index (χ1v) is 8.42. The Morgan fingerprint density at radius 1 is 1.33 bits per heavy atom. The molecule has 0 aliphatic rings. The summed E-state index contributed by atoms with van der Waals surface area (Å²) in [6.07, 6.45) is 0. The van der Waals surface area contributed by atoms with Crippen LogP contribution in [0.15, 0.2) is 46.0 Å². The maximum absolute atomic E-state index is 12.3. The number of benzene rings is 1. The molecule has 0 saturated carbocycles. The molecule has 1 aromatic carbocycles. The number of aryl methyl sites for hydroxylation is 2. The van der Waals surface area contributed by atoms with E-state index in [4.69, 9.17) is 4.42 Å². The number of hydrogen-bond acceptors (Lipinski definition) is 6. The van der Waals surface area contributed by atoms with Gasteiger partial charge >= 0.3 is 0 Å². The third-order valence-corrected chi connectivity index (χ3v) is 4.36. The number of rotatable bonds is 6. The predicted octanol–water partition coefficient (Wildman–Crippen LogP) is 2.30. The number of furan rings is 1. The molecule has 0 aliphatic carbocycles. The second kappa shape index (κ2) is 7.31. The Morgan fingerprint density at radius 3 is 2.92 bits per heavy atom. The van der Waals surface area contributed by atoms with E-state index in [1.807, 2.05) is 37.3 Å². The van der Waals surface area contributed by atoms with E-state index in [-0.39, 0.29) is 5.91 Å². The van der Waals surface area contributed by atoms with E-state index in [1.54, 1.807) is 17.8 Å². The van der Waals surface area contributed by atoms with E-state index in [1.165, 1.54) is 11.8 Å². The van der Waals surface area contributed by atoms with Gasteiger partial charge in [-0.1, -0.05) is 23.9 Å². The van der Waals surface area contributed by atoms with Gasteiger partial charge in [-0.2, -0.15) is 0 Å². The fourth-order valence-corrected chi connectivity index (χ4v) is 2.86. The third kappa shape index (κ3) is 3.83. The summed E-state index contributed by atoms with van der Waals surface area (Å²) in [6, 6.07) is 11.2. The minimum absolute atomic E-state index is 0.114. The van der Waals surface area contributed by atoms with Crippen molar-refractivity contribution in [3.8, 4) is 11.3 Å². The van der Waals surface area contributed by atoms with Crippen LogP contribution in [-0.2, 0) is 7.05 Å². The van der Waals surface area contributed by atoms with Crippen LogP contribution >= 0.6 is 11.8 Å². The smallest absolute Gasteiger partial charge is 0.251 e. The monoisotopic (exact) mass is 343 g/mol. The molecule has 0 unspecified atom stereocenters. The first kappa shape index (κ1) is 16.3. The van der Waals surface area contributed by atoms with Gasteiger partial charge in [0, 0.05) is 30.5 Å². The van der Waals surface area contributed by atoms with Crippen LogP contribution in [0, 0.1) is 6.92 Å². The van der Waals surface area contributed by atoms with Crippen molar-refractivity contribution < 1.29 is 9.21 Å². The summed E-state index contributed by atoms with van der Waals surface area (Å²) in [4.78, 5) is 12.3. The van der Waals surface area contributed by atoms with Crippen LogP contribution in [0.5, 0.6) is 0 Å². The van der Waals surface area contributed by atoms with Crippen LogP contribution in [0.1, 0.15) is 16.1 Å². The Bertz CT molecular complexity index is 842.